The van der Waals surface area contributed by atoms with E-state index in [0.717, 1.165) is 38.5 Å². The highest BCUT2D eigenvalue weighted by Gasteiger charge is 2.22. The van der Waals surface area contributed by atoms with Crippen molar-refractivity contribution in [1.82, 2.24) is 0 Å². The summed E-state index contributed by atoms with van der Waals surface area (Å²) >= 11 is 8.24. The normalized spacial score (nSPS) is 11.7. The van der Waals surface area contributed by atoms with Gasteiger partial charge in [0.05, 0.1) is 0 Å². The van der Waals surface area contributed by atoms with Gasteiger partial charge in [-0.1, -0.05) is 6.07 Å². The van der Waals surface area contributed by atoms with Gasteiger partial charge in [0.1, 0.15) is 16.5 Å². The van der Waals surface area contributed by atoms with Crippen molar-refractivity contribution in [2.45, 2.75) is 4.90 Å². The van der Waals surface area contributed by atoms with Crippen LogP contribution in [0.15, 0.2) is 54.9 Å². The summed E-state index contributed by atoms with van der Waals surface area (Å²) in [5, 5.41) is 3.66. The van der Waals surface area contributed by atoms with Crippen molar-refractivity contribution >= 4 is 53.0 Å². The number of hydrogen-bond donors (Lipinski definition) is 0. The maximum absolute atomic E-state index is 14.2. The van der Waals surface area contributed by atoms with E-state index in [4.69, 9.17) is 0 Å². The fourth-order valence-electron chi connectivity index (χ4n) is 2.48. The molecule has 3 aromatic rings. The maximum Gasteiger partial charge on any atom is 0.181 e. The van der Waals surface area contributed by atoms with Crippen LogP contribution in [0.4, 0.5) is 8.78 Å². The van der Waals surface area contributed by atoms with Gasteiger partial charge in [0.25, 0.3) is 0 Å². The molecule has 130 valence electrons. The topological polar surface area (TPSA) is 34.1 Å². The first-order valence-corrected chi connectivity index (χ1v) is 11.3. The number of hydrogen-bond acceptors (Lipinski definition) is 3. The summed E-state index contributed by atoms with van der Waals surface area (Å²) in [4.78, 5) is -0.903. The lowest BCUT2D eigenvalue weighted by Gasteiger charge is -2.09. The maximum atomic E-state index is 14.2. The first-order valence-electron chi connectivity index (χ1n) is 6.89. The molecule has 0 amide bonds. The first kappa shape index (κ1) is 18.7. The van der Waals surface area contributed by atoms with E-state index in [1.54, 1.807) is 5.38 Å². The van der Waals surface area contributed by atoms with Gasteiger partial charge in [-0.2, -0.15) is 11.3 Å². The summed E-state index contributed by atoms with van der Waals surface area (Å²) in [6.45, 7) is 0. The van der Waals surface area contributed by atoms with Crippen molar-refractivity contribution < 1.29 is 17.2 Å². The van der Waals surface area contributed by atoms with Crippen LogP contribution in [0, 0.1) is 11.6 Å². The molecule has 0 spiro atoms. The number of thiophene rings is 1. The van der Waals surface area contributed by atoms with E-state index in [2.05, 4.69) is 31.9 Å². The Labute approximate surface area is 164 Å². The predicted molar refractivity (Wildman–Crippen MR) is 104 cm³/mol. The van der Waals surface area contributed by atoms with Crippen LogP contribution in [0.25, 0.3) is 22.3 Å². The molecule has 25 heavy (non-hydrogen) atoms. The molecule has 0 saturated carbocycles. The summed E-state index contributed by atoms with van der Waals surface area (Å²) in [5.41, 5.74) is 2.61. The number of benzene rings is 2. The molecule has 0 aliphatic carbocycles. The zero-order chi connectivity index (χ0) is 18.4. The third-order valence-corrected chi connectivity index (χ3v) is 7.33. The van der Waals surface area contributed by atoms with Crippen molar-refractivity contribution in [3.63, 3.8) is 0 Å². The smallest absolute Gasteiger partial charge is 0.181 e. The van der Waals surface area contributed by atoms with Crippen LogP contribution in [0.3, 0.4) is 0 Å². The molecule has 0 aliphatic rings. The fraction of sp³-hybridized carbons (Fsp3) is 0.0588. The second-order valence-corrected chi connectivity index (χ2v) is 9.77. The Balaban J connectivity index is 2.17. The second-order valence-electron chi connectivity index (χ2n) is 5.37. The van der Waals surface area contributed by atoms with E-state index in [1.807, 2.05) is 23.6 Å². The van der Waals surface area contributed by atoms with Gasteiger partial charge >= 0.3 is 0 Å². The van der Waals surface area contributed by atoms with Crippen molar-refractivity contribution in [2.75, 3.05) is 6.26 Å². The number of rotatable bonds is 3. The van der Waals surface area contributed by atoms with Gasteiger partial charge in [-0.05, 0) is 78.0 Å². The van der Waals surface area contributed by atoms with Crippen LogP contribution in [0.5, 0.6) is 0 Å². The van der Waals surface area contributed by atoms with Gasteiger partial charge in [0.2, 0.25) is 0 Å². The molecule has 0 atom stereocenters. The van der Waals surface area contributed by atoms with E-state index < -0.39 is 26.4 Å². The van der Waals surface area contributed by atoms with Gasteiger partial charge in [0, 0.05) is 26.3 Å². The summed E-state index contributed by atoms with van der Waals surface area (Å²) < 4.78 is 53.3. The molecule has 0 bridgehead atoms. The summed E-state index contributed by atoms with van der Waals surface area (Å²) in [6.07, 6.45) is 0.781. The zero-order valence-corrected chi connectivity index (χ0v) is 17.5. The van der Waals surface area contributed by atoms with Gasteiger partial charge < -0.3 is 0 Å². The molecule has 0 saturated heterocycles. The molecule has 0 radical (unpaired) electrons. The molecule has 2 nitrogen and oxygen atoms in total. The average Bonchev–Trinajstić information content (AvgIpc) is 2.97. The fourth-order valence-corrected chi connectivity index (χ4v) is 4.80. The minimum absolute atomic E-state index is 0.290. The van der Waals surface area contributed by atoms with Crippen LogP contribution >= 0.6 is 43.2 Å². The molecule has 0 fully saturated rings. The first-order chi connectivity index (χ1) is 11.7. The highest BCUT2D eigenvalue weighted by atomic mass is 79.9. The Hall–Kier alpha value is -1.09. The lowest BCUT2D eigenvalue weighted by atomic mass is 9.99. The molecule has 0 N–H and O–H groups in total. The zero-order valence-electron chi connectivity index (χ0n) is 12.7. The SMILES string of the molecule is CS(=O)(=O)c1c(F)cc(-c2cscc2-c2ccc(Br)c(Br)c2)cc1F. The largest absolute Gasteiger partial charge is 0.224 e. The Morgan fingerprint density at radius 2 is 1.44 bits per heavy atom. The molecule has 1 heterocycles. The second kappa shape index (κ2) is 6.90. The van der Waals surface area contributed by atoms with Crippen molar-refractivity contribution in [2.24, 2.45) is 0 Å². The molecule has 2 aromatic carbocycles. The third kappa shape index (κ3) is 3.72. The molecule has 0 unspecified atom stereocenters. The van der Waals surface area contributed by atoms with Crippen molar-refractivity contribution in [3.8, 4) is 22.3 Å². The van der Waals surface area contributed by atoms with E-state index in [-0.39, 0.29) is 5.56 Å². The van der Waals surface area contributed by atoms with Crippen molar-refractivity contribution in [3.05, 3.63) is 61.7 Å². The minimum Gasteiger partial charge on any atom is -0.224 e. The quantitative estimate of drug-likeness (QED) is 0.417. The van der Waals surface area contributed by atoms with Crippen LogP contribution < -0.4 is 0 Å². The van der Waals surface area contributed by atoms with Crippen molar-refractivity contribution in [1.29, 1.82) is 0 Å². The molecule has 8 heteroatoms. The van der Waals surface area contributed by atoms with Crippen LogP contribution in [-0.4, -0.2) is 14.7 Å². The lowest BCUT2D eigenvalue weighted by molar-refractivity contribution is 0.522. The molecule has 3 rings (SSSR count). The van der Waals surface area contributed by atoms with Crippen LogP contribution in [0.1, 0.15) is 0 Å². The number of halogens is 4. The molecular weight excluding hydrogens is 498 g/mol. The summed E-state index contributed by atoms with van der Waals surface area (Å²) in [5.74, 6) is -2.18. The van der Waals surface area contributed by atoms with E-state index in [0.29, 0.717) is 5.56 Å². The Morgan fingerprint density at radius 3 is 1.96 bits per heavy atom. The summed E-state index contributed by atoms with van der Waals surface area (Å²) in [6, 6.07) is 7.76. The van der Waals surface area contributed by atoms with Gasteiger partial charge in [-0.25, -0.2) is 17.2 Å². The van der Waals surface area contributed by atoms with Gasteiger partial charge in [-0.3, -0.25) is 0 Å². The van der Waals surface area contributed by atoms with E-state index in [9.17, 15) is 17.2 Å². The standard InChI is InChI=1S/C17H10Br2F2O2S2/c1-25(22,23)17-15(20)5-10(6-16(17)21)12-8-24-7-11(12)9-2-3-13(18)14(19)4-9/h2-8H,1H3. The molecule has 1 aromatic heterocycles. The lowest BCUT2D eigenvalue weighted by Crippen LogP contribution is -2.04. The highest BCUT2D eigenvalue weighted by Crippen LogP contribution is 2.39. The minimum atomic E-state index is -3.98. The van der Waals surface area contributed by atoms with Gasteiger partial charge in [0.15, 0.2) is 9.84 Å². The monoisotopic (exact) mass is 506 g/mol. The Bertz CT molecular complexity index is 1050. The Morgan fingerprint density at radius 1 is 0.880 bits per heavy atom. The van der Waals surface area contributed by atoms with E-state index >= 15 is 0 Å². The average molecular weight is 508 g/mol. The summed E-state index contributed by atoms with van der Waals surface area (Å²) in [7, 11) is -3.98. The van der Waals surface area contributed by atoms with Crippen LogP contribution in [0.2, 0.25) is 0 Å². The third-order valence-electron chi connectivity index (χ3n) is 3.57. The van der Waals surface area contributed by atoms with Gasteiger partial charge in [-0.15, -0.1) is 0 Å². The van der Waals surface area contributed by atoms with E-state index in [1.165, 1.54) is 11.3 Å². The Kier molecular flexibility index (Phi) is 5.16. The predicted octanol–water partition coefficient (Wildman–Crippen LogP) is 6.29. The highest BCUT2D eigenvalue weighted by molar-refractivity contribution is 9.13. The van der Waals surface area contributed by atoms with Crippen LogP contribution in [-0.2, 0) is 9.84 Å². The molecular formula is C17H10Br2F2O2S2. The molecule has 0 aliphatic heterocycles. The number of sulfone groups is 1.